The SMILES string of the molecule is Cc1c(C(=O)O[C@@H](C)C(=O)Nc2ccc(Br)cc2)cccc1[N+](=O)[O-]. The maximum absolute atomic E-state index is 12.2. The summed E-state index contributed by atoms with van der Waals surface area (Å²) >= 11 is 3.29. The summed E-state index contributed by atoms with van der Waals surface area (Å²) in [5, 5.41) is 13.6. The Morgan fingerprint density at radius 2 is 1.84 bits per heavy atom. The molecular weight excluding hydrogens is 392 g/mol. The van der Waals surface area contributed by atoms with E-state index in [0.29, 0.717) is 5.69 Å². The number of carbonyl (C=O) groups excluding carboxylic acids is 2. The summed E-state index contributed by atoms with van der Waals surface area (Å²) in [5.74, 6) is -1.29. The maximum Gasteiger partial charge on any atom is 0.339 e. The summed E-state index contributed by atoms with van der Waals surface area (Å²) in [6.45, 7) is 2.89. The summed E-state index contributed by atoms with van der Waals surface area (Å²) in [7, 11) is 0. The van der Waals surface area contributed by atoms with E-state index in [1.807, 2.05) is 0 Å². The number of nitro groups is 1. The number of ether oxygens (including phenoxy) is 1. The molecule has 8 heteroatoms. The molecule has 0 aliphatic rings. The monoisotopic (exact) mass is 406 g/mol. The lowest BCUT2D eigenvalue weighted by atomic mass is 10.1. The van der Waals surface area contributed by atoms with E-state index in [4.69, 9.17) is 4.74 Å². The van der Waals surface area contributed by atoms with E-state index in [1.165, 1.54) is 32.0 Å². The van der Waals surface area contributed by atoms with Gasteiger partial charge in [-0.3, -0.25) is 14.9 Å². The van der Waals surface area contributed by atoms with Gasteiger partial charge in [-0.15, -0.1) is 0 Å². The van der Waals surface area contributed by atoms with Crippen molar-refractivity contribution in [1.29, 1.82) is 0 Å². The Kier molecular flexibility index (Phi) is 5.87. The second-order valence-electron chi connectivity index (χ2n) is 5.25. The molecule has 0 aromatic heterocycles. The number of hydrogen-bond acceptors (Lipinski definition) is 5. The predicted molar refractivity (Wildman–Crippen MR) is 95.5 cm³/mol. The minimum absolute atomic E-state index is 0.0532. The number of nitrogens with one attached hydrogen (secondary N) is 1. The highest BCUT2D eigenvalue weighted by atomic mass is 79.9. The molecule has 0 aliphatic heterocycles. The lowest BCUT2D eigenvalue weighted by Crippen LogP contribution is -2.30. The summed E-state index contributed by atoms with van der Waals surface area (Å²) in [4.78, 5) is 34.7. The smallest absolute Gasteiger partial charge is 0.339 e. The van der Waals surface area contributed by atoms with Crippen molar-refractivity contribution >= 4 is 39.2 Å². The minimum atomic E-state index is -1.06. The van der Waals surface area contributed by atoms with Gasteiger partial charge >= 0.3 is 5.97 Å². The van der Waals surface area contributed by atoms with Crippen molar-refractivity contribution in [2.45, 2.75) is 20.0 Å². The molecule has 2 aromatic rings. The molecule has 0 heterocycles. The maximum atomic E-state index is 12.2. The van der Waals surface area contributed by atoms with Crippen LogP contribution in [0.3, 0.4) is 0 Å². The van der Waals surface area contributed by atoms with Gasteiger partial charge < -0.3 is 10.1 Å². The van der Waals surface area contributed by atoms with Crippen LogP contribution in [-0.4, -0.2) is 22.9 Å². The molecule has 0 fully saturated rings. The first kappa shape index (κ1) is 18.6. The molecule has 1 amide bonds. The average Bonchev–Trinajstić information content (AvgIpc) is 2.56. The average molecular weight is 407 g/mol. The molecule has 130 valence electrons. The third kappa shape index (κ3) is 4.63. The second kappa shape index (κ2) is 7.89. The van der Waals surface area contributed by atoms with Crippen LogP contribution in [0.5, 0.6) is 0 Å². The van der Waals surface area contributed by atoms with E-state index in [1.54, 1.807) is 24.3 Å². The summed E-state index contributed by atoms with van der Waals surface area (Å²) in [5.41, 5.74) is 0.625. The van der Waals surface area contributed by atoms with Gasteiger partial charge in [0.2, 0.25) is 0 Å². The number of amides is 1. The van der Waals surface area contributed by atoms with Crippen LogP contribution in [0, 0.1) is 17.0 Å². The van der Waals surface area contributed by atoms with E-state index in [9.17, 15) is 19.7 Å². The minimum Gasteiger partial charge on any atom is -0.449 e. The first-order valence-electron chi connectivity index (χ1n) is 7.31. The molecule has 7 nitrogen and oxygen atoms in total. The molecule has 1 atom stereocenters. The standard InChI is InChI=1S/C17H15BrN2O5/c1-10-14(4-3-5-15(10)20(23)24)17(22)25-11(2)16(21)19-13-8-6-12(18)7-9-13/h3-9,11H,1-2H3,(H,19,21)/t11-/m0/s1. The first-order chi connectivity index (χ1) is 11.8. The lowest BCUT2D eigenvalue weighted by Gasteiger charge is -2.14. The Morgan fingerprint density at radius 3 is 2.44 bits per heavy atom. The van der Waals surface area contributed by atoms with Crippen molar-refractivity contribution in [2.24, 2.45) is 0 Å². The Morgan fingerprint density at radius 1 is 1.20 bits per heavy atom. The van der Waals surface area contributed by atoms with Gasteiger partial charge in [-0.1, -0.05) is 22.0 Å². The van der Waals surface area contributed by atoms with Crippen LogP contribution in [0.2, 0.25) is 0 Å². The normalized spacial score (nSPS) is 11.5. The topological polar surface area (TPSA) is 98.5 Å². The van der Waals surface area contributed by atoms with Crippen LogP contribution in [-0.2, 0) is 9.53 Å². The zero-order valence-electron chi connectivity index (χ0n) is 13.5. The van der Waals surface area contributed by atoms with Gasteiger partial charge in [0.1, 0.15) is 0 Å². The van der Waals surface area contributed by atoms with Gasteiger partial charge in [-0.2, -0.15) is 0 Å². The van der Waals surface area contributed by atoms with Crippen molar-refractivity contribution in [2.75, 3.05) is 5.32 Å². The summed E-state index contributed by atoms with van der Waals surface area (Å²) < 4.78 is 5.99. The molecular formula is C17H15BrN2O5. The molecule has 1 N–H and O–H groups in total. The van der Waals surface area contributed by atoms with Gasteiger partial charge in [-0.25, -0.2) is 4.79 Å². The molecule has 0 aliphatic carbocycles. The Labute approximate surface area is 152 Å². The van der Waals surface area contributed by atoms with Crippen LogP contribution < -0.4 is 5.32 Å². The number of carbonyl (C=O) groups is 2. The van der Waals surface area contributed by atoms with Gasteiger partial charge in [-0.05, 0) is 44.2 Å². The van der Waals surface area contributed by atoms with Crippen molar-refractivity contribution in [3.05, 3.63) is 68.2 Å². The van der Waals surface area contributed by atoms with Crippen molar-refractivity contribution in [1.82, 2.24) is 0 Å². The molecule has 0 spiro atoms. The van der Waals surface area contributed by atoms with Crippen LogP contribution >= 0.6 is 15.9 Å². The molecule has 0 saturated heterocycles. The molecule has 0 radical (unpaired) electrons. The van der Waals surface area contributed by atoms with Crippen LogP contribution in [0.25, 0.3) is 0 Å². The second-order valence-corrected chi connectivity index (χ2v) is 6.17. The molecule has 0 bridgehead atoms. The number of halogens is 1. The number of nitrogens with zero attached hydrogens (tertiary/aromatic N) is 1. The number of rotatable bonds is 5. The lowest BCUT2D eigenvalue weighted by molar-refractivity contribution is -0.385. The van der Waals surface area contributed by atoms with Crippen molar-refractivity contribution in [3.8, 4) is 0 Å². The quantitative estimate of drug-likeness (QED) is 0.461. The zero-order valence-corrected chi connectivity index (χ0v) is 15.1. The van der Waals surface area contributed by atoms with Crippen LogP contribution in [0.1, 0.15) is 22.8 Å². The number of esters is 1. The molecule has 25 heavy (non-hydrogen) atoms. The van der Waals surface area contributed by atoms with Gasteiger partial charge in [0.15, 0.2) is 6.10 Å². The Bertz CT molecular complexity index is 820. The highest BCUT2D eigenvalue weighted by Gasteiger charge is 2.23. The fourth-order valence-electron chi connectivity index (χ4n) is 2.10. The number of nitro benzene ring substituents is 1. The molecule has 2 aromatic carbocycles. The number of anilines is 1. The van der Waals surface area contributed by atoms with E-state index >= 15 is 0 Å². The Hall–Kier alpha value is -2.74. The van der Waals surface area contributed by atoms with E-state index in [-0.39, 0.29) is 16.8 Å². The molecule has 2 rings (SSSR count). The van der Waals surface area contributed by atoms with E-state index in [2.05, 4.69) is 21.2 Å². The van der Waals surface area contributed by atoms with Crippen LogP contribution in [0.4, 0.5) is 11.4 Å². The van der Waals surface area contributed by atoms with Gasteiger partial charge in [0.25, 0.3) is 11.6 Å². The first-order valence-corrected chi connectivity index (χ1v) is 8.10. The molecule has 0 unspecified atom stereocenters. The fourth-order valence-corrected chi connectivity index (χ4v) is 2.36. The largest absolute Gasteiger partial charge is 0.449 e. The fraction of sp³-hybridized carbons (Fsp3) is 0.176. The van der Waals surface area contributed by atoms with E-state index in [0.717, 1.165) is 4.47 Å². The van der Waals surface area contributed by atoms with E-state index < -0.39 is 22.9 Å². The number of hydrogen-bond donors (Lipinski definition) is 1. The van der Waals surface area contributed by atoms with Crippen molar-refractivity contribution in [3.63, 3.8) is 0 Å². The Balaban J connectivity index is 2.07. The highest BCUT2D eigenvalue weighted by molar-refractivity contribution is 9.10. The summed E-state index contributed by atoms with van der Waals surface area (Å²) in [6, 6.07) is 11.0. The van der Waals surface area contributed by atoms with Crippen molar-refractivity contribution < 1.29 is 19.2 Å². The highest BCUT2D eigenvalue weighted by Crippen LogP contribution is 2.22. The zero-order chi connectivity index (χ0) is 18.6. The van der Waals surface area contributed by atoms with Gasteiger partial charge in [0.05, 0.1) is 10.5 Å². The predicted octanol–water partition coefficient (Wildman–Crippen LogP) is 3.85. The summed E-state index contributed by atoms with van der Waals surface area (Å²) in [6.07, 6.45) is -1.06. The van der Waals surface area contributed by atoms with Gasteiger partial charge in [0, 0.05) is 21.8 Å². The third-order valence-corrected chi connectivity index (χ3v) is 4.02. The third-order valence-electron chi connectivity index (χ3n) is 3.49. The van der Waals surface area contributed by atoms with Crippen LogP contribution in [0.15, 0.2) is 46.9 Å². The number of benzene rings is 2. The molecule has 0 saturated carbocycles.